The van der Waals surface area contributed by atoms with Gasteiger partial charge in [-0.1, -0.05) is 24.3 Å². The molecular formula is C23H19F2N3O2. The van der Waals surface area contributed by atoms with Crippen LogP contribution in [0.1, 0.15) is 51.3 Å². The fourth-order valence-electron chi connectivity index (χ4n) is 5.09. The van der Waals surface area contributed by atoms with Crippen molar-refractivity contribution in [3.8, 4) is 5.69 Å². The van der Waals surface area contributed by atoms with E-state index >= 15 is 0 Å². The van der Waals surface area contributed by atoms with Gasteiger partial charge in [-0.15, -0.1) is 0 Å². The molecule has 1 saturated carbocycles. The zero-order valence-electron chi connectivity index (χ0n) is 16.0. The second kappa shape index (κ2) is 6.22. The van der Waals surface area contributed by atoms with Crippen molar-refractivity contribution in [2.45, 2.75) is 37.3 Å². The smallest absolute Gasteiger partial charge is 0.272 e. The molecule has 3 aliphatic rings. The Morgan fingerprint density at radius 1 is 1.17 bits per heavy atom. The number of benzene rings is 2. The van der Waals surface area contributed by atoms with Crippen LogP contribution in [0.2, 0.25) is 0 Å². The largest absolute Gasteiger partial charge is 0.390 e. The van der Waals surface area contributed by atoms with Crippen LogP contribution in [0, 0.1) is 17.6 Å². The number of nitrogens with zero attached hydrogens (tertiary/aromatic N) is 2. The van der Waals surface area contributed by atoms with Gasteiger partial charge in [-0.2, -0.15) is 5.10 Å². The molecule has 0 aliphatic heterocycles. The Hall–Kier alpha value is -3.06. The van der Waals surface area contributed by atoms with Crippen LogP contribution >= 0.6 is 0 Å². The molecule has 0 spiro atoms. The molecule has 1 fully saturated rings. The number of carbonyl (C=O) groups is 1. The molecule has 7 heteroatoms. The van der Waals surface area contributed by atoms with E-state index in [4.69, 9.17) is 0 Å². The quantitative estimate of drug-likeness (QED) is 0.701. The van der Waals surface area contributed by atoms with Crippen LogP contribution in [0.4, 0.5) is 8.78 Å². The molecule has 2 aromatic carbocycles. The van der Waals surface area contributed by atoms with Gasteiger partial charge in [-0.25, -0.2) is 13.5 Å². The van der Waals surface area contributed by atoms with Crippen LogP contribution in [0.5, 0.6) is 0 Å². The van der Waals surface area contributed by atoms with Crippen LogP contribution in [0.3, 0.4) is 0 Å². The lowest BCUT2D eigenvalue weighted by Gasteiger charge is -2.17. The maximum atomic E-state index is 14.5. The predicted octanol–water partition coefficient (Wildman–Crippen LogP) is 3.20. The van der Waals surface area contributed by atoms with Crippen molar-refractivity contribution in [3.05, 3.63) is 82.2 Å². The molecule has 1 aromatic heterocycles. The first-order valence-electron chi connectivity index (χ1n) is 10.1. The monoisotopic (exact) mass is 407 g/mol. The highest BCUT2D eigenvalue weighted by Crippen LogP contribution is 2.57. The number of carbonyl (C=O) groups excluding carboxylic acids is 1. The summed E-state index contributed by atoms with van der Waals surface area (Å²) in [4.78, 5) is 13.2. The topological polar surface area (TPSA) is 67.2 Å². The van der Waals surface area contributed by atoms with E-state index in [-0.39, 0.29) is 23.2 Å². The lowest BCUT2D eigenvalue weighted by Crippen LogP contribution is -2.34. The van der Waals surface area contributed by atoms with Crippen molar-refractivity contribution in [2.24, 2.45) is 5.92 Å². The maximum Gasteiger partial charge on any atom is 0.272 e. The molecule has 5 nitrogen and oxygen atoms in total. The summed E-state index contributed by atoms with van der Waals surface area (Å²) in [6, 6.07) is 10.5. The van der Waals surface area contributed by atoms with Gasteiger partial charge in [-0.3, -0.25) is 4.79 Å². The molecule has 3 aromatic rings. The third-order valence-electron chi connectivity index (χ3n) is 6.61. The number of aliphatic hydroxyl groups excluding tert-OH is 1. The van der Waals surface area contributed by atoms with Crippen molar-refractivity contribution in [2.75, 3.05) is 0 Å². The first-order chi connectivity index (χ1) is 14.5. The summed E-state index contributed by atoms with van der Waals surface area (Å²) in [5.41, 5.74) is 4.01. The van der Waals surface area contributed by atoms with Crippen LogP contribution in [0.25, 0.3) is 5.69 Å². The molecule has 30 heavy (non-hydrogen) atoms. The number of hydrogen-bond acceptors (Lipinski definition) is 3. The summed E-state index contributed by atoms with van der Waals surface area (Å²) < 4.78 is 29.3. The van der Waals surface area contributed by atoms with Crippen molar-refractivity contribution in [3.63, 3.8) is 0 Å². The van der Waals surface area contributed by atoms with E-state index in [0.717, 1.165) is 41.3 Å². The first kappa shape index (κ1) is 17.8. The molecule has 4 atom stereocenters. The van der Waals surface area contributed by atoms with E-state index in [1.54, 1.807) is 0 Å². The van der Waals surface area contributed by atoms with Gasteiger partial charge in [0.2, 0.25) is 0 Å². The van der Waals surface area contributed by atoms with Gasteiger partial charge < -0.3 is 10.4 Å². The number of halogens is 2. The number of aromatic nitrogens is 2. The lowest BCUT2D eigenvalue weighted by molar-refractivity contribution is 0.0852. The average Bonchev–Trinajstić information content (AvgIpc) is 3.07. The number of nitrogens with one attached hydrogen (secondary N) is 1. The normalized spacial score (nSPS) is 25.6. The molecule has 1 amide bonds. The van der Waals surface area contributed by atoms with Gasteiger partial charge in [-0.05, 0) is 42.0 Å². The van der Waals surface area contributed by atoms with E-state index < -0.39 is 23.8 Å². The predicted molar refractivity (Wildman–Crippen MR) is 104 cm³/mol. The van der Waals surface area contributed by atoms with Gasteiger partial charge in [0.1, 0.15) is 11.5 Å². The minimum Gasteiger partial charge on any atom is -0.390 e. The van der Waals surface area contributed by atoms with Gasteiger partial charge in [0, 0.05) is 24.0 Å². The summed E-state index contributed by atoms with van der Waals surface area (Å²) in [6.45, 7) is 0. The molecule has 1 heterocycles. The van der Waals surface area contributed by atoms with Gasteiger partial charge in [0.25, 0.3) is 5.91 Å². The Kier molecular flexibility index (Phi) is 3.68. The summed E-state index contributed by atoms with van der Waals surface area (Å²) in [7, 11) is 0. The van der Waals surface area contributed by atoms with Crippen LogP contribution in [0.15, 0.2) is 42.5 Å². The molecule has 0 radical (unpaired) electrons. The van der Waals surface area contributed by atoms with E-state index in [2.05, 4.69) is 10.4 Å². The number of fused-ring (bicyclic) bond motifs is 4. The minimum absolute atomic E-state index is 0.144. The lowest BCUT2D eigenvalue weighted by atomic mass is 10.1. The van der Waals surface area contributed by atoms with Gasteiger partial charge in [0.15, 0.2) is 11.5 Å². The number of hydrogen-bond donors (Lipinski definition) is 2. The second-order valence-corrected chi connectivity index (χ2v) is 8.45. The SMILES string of the molecule is O=C(N[C@H]1c2ccccc2C[C@H]1O)c1nn(-c2ccc(F)cc2F)c2c1C[C@@H]1C[C@H]21. The minimum atomic E-state index is -0.712. The number of rotatable bonds is 3. The highest BCUT2D eigenvalue weighted by atomic mass is 19.1. The number of amides is 1. The summed E-state index contributed by atoms with van der Waals surface area (Å²) in [6.07, 6.45) is 1.51. The second-order valence-electron chi connectivity index (χ2n) is 8.45. The zero-order valence-corrected chi connectivity index (χ0v) is 16.0. The van der Waals surface area contributed by atoms with E-state index in [1.165, 1.54) is 16.8 Å². The molecule has 0 bridgehead atoms. The number of aliphatic hydroxyl groups is 1. The van der Waals surface area contributed by atoms with Crippen molar-refractivity contribution < 1.29 is 18.7 Å². The third kappa shape index (κ3) is 2.55. The molecule has 6 rings (SSSR count). The van der Waals surface area contributed by atoms with Crippen molar-refractivity contribution in [1.82, 2.24) is 15.1 Å². The molecule has 2 N–H and O–H groups in total. The third-order valence-corrected chi connectivity index (χ3v) is 6.61. The van der Waals surface area contributed by atoms with Gasteiger partial charge in [0.05, 0.1) is 17.8 Å². The van der Waals surface area contributed by atoms with Gasteiger partial charge >= 0.3 is 0 Å². The first-order valence-corrected chi connectivity index (χ1v) is 10.1. The Morgan fingerprint density at radius 3 is 2.83 bits per heavy atom. The Balaban J connectivity index is 1.38. The summed E-state index contributed by atoms with van der Waals surface area (Å²) in [5.74, 6) is -1.03. The Bertz CT molecular complexity index is 1210. The molecular weight excluding hydrogens is 388 g/mol. The molecule has 152 valence electrons. The average molecular weight is 407 g/mol. The van der Waals surface area contributed by atoms with E-state index in [9.17, 15) is 18.7 Å². The van der Waals surface area contributed by atoms with Crippen molar-refractivity contribution >= 4 is 5.91 Å². The molecule has 0 unspecified atom stereocenters. The molecule has 0 saturated heterocycles. The fourth-order valence-corrected chi connectivity index (χ4v) is 5.09. The highest BCUT2D eigenvalue weighted by Gasteiger charge is 2.50. The summed E-state index contributed by atoms with van der Waals surface area (Å²) >= 11 is 0. The Morgan fingerprint density at radius 2 is 2.00 bits per heavy atom. The van der Waals surface area contributed by atoms with Crippen LogP contribution < -0.4 is 5.32 Å². The fraction of sp³-hybridized carbons (Fsp3) is 0.304. The van der Waals surface area contributed by atoms with Crippen molar-refractivity contribution in [1.29, 1.82) is 0 Å². The van der Waals surface area contributed by atoms with Crippen LogP contribution in [-0.4, -0.2) is 26.9 Å². The maximum absolute atomic E-state index is 14.5. The standard InChI is InChI=1S/C23H19F2N3O2/c24-13-5-6-18(17(25)10-13)28-22-15-7-12(15)8-16(22)21(27-28)23(30)26-20-14-4-2-1-3-11(14)9-19(20)29/h1-6,10,12,15,19-20,29H,7-9H2,(H,26,30)/t12-,15-,19+,20-/m0/s1. The Labute approximate surface area is 171 Å². The summed E-state index contributed by atoms with van der Waals surface area (Å²) in [5, 5.41) is 17.9. The van der Waals surface area contributed by atoms with E-state index in [1.807, 2.05) is 24.3 Å². The zero-order chi connectivity index (χ0) is 20.6. The van der Waals surface area contributed by atoms with Crippen LogP contribution in [-0.2, 0) is 12.8 Å². The molecule has 3 aliphatic carbocycles. The highest BCUT2D eigenvalue weighted by molar-refractivity contribution is 5.95. The van der Waals surface area contributed by atoms with E-state index in [0.29, 0.717) is 12.3 Å².